The maximum atomic E-state index is 12.6. The van der Waals surface area contributed by atoms with Gasteiger partial charge < -0.3 is 19.9 Å². The molecule has 0 radical (unpaired) electrons. The van der Waals surface area contributed by atoms with Crippen molar-refractivity contribution < 1.29 is 22.7 Å². The predicted molar refractivity (Wildman–Crippen MR) is 129 cm³/mol. The fourth-order valence-electron chi connectivity index (χ4n) is 4.81. The van der Waals surface area contributed by atoms with E-state index in [2.05, 4.69) is 39.2 Å². The first-order valence-corrected chi connectivity index (χ1v) is 12.3. The van der Waals surface area contributed by atoms with E-state index in [1.165, 1.54) is 17.7 Å². The van der Waals surface area contributed by atoms with Gasteiger partial charge >= 0.3 is 12.4 Å². The fraction of sp³-hybridized carbons (Fsp3) is 0.500. The Bertz CT molecular complexity index is 941. The Kier molecular flexibility index (Phi) is 8.38. The lowest BCUT2D eigenvalue weighted by molar-refractivity contribution is -0.274. The van der Waals surface area contributed by atoms with Gasteiger partial charge in [0.1, 0.15) is 5.75 Å². The molecular weight excluding hydrogens is 457 g/mol. The number of carbonyl (C=O) groups excluding carboxylic acids is 1. The summed E-state index contributed by atoms with van der Waals surface area (Å²) in [5.41, 5.74) is 2.01. The number of hydrogen-bond donors (Lipinski definition) is 1. The fourth-order valence-corrected chi connectivity index (χ4v) is 4.81. The second-order valence-electron chi connectivity index (χ2n) is 9.24. The Labute approximate surface area is 204 Å². The lowest BCUT2D eigenvalue weighted by Gasteiger charge is -2.36. The van der Waals surface area contributed by atoms with Crippen LogP contribution in [0.1, 0.15) is 24.8 Å². The summed E-state index contributed by atoms with van der Waals surface area (Å²) in [5, 5.41) is 3.05. The molecule has 2 saturated heterocycles. The van der Waals surface area contributed by atoms with Crippen LogP contribution in [0.5, 0.6) is 5.75 Å². The zero-order valence-electron chi connectivity index (χ0n) is 19.8. The first-order valence-electron chi connectivity index (χ1n) is 12.3. The largest absolute Gasteiger partial charge is 0.573 e. The number of hydrogen-bond acceptors (Lipinski definition) is 4. The molecule has 0 spiro atoms. The van der Waals surface area contributed by atoms with Gasteiger partial charge in [0.2, 0.25) is 0 Å². The first kappa shape index (κ1) is 25.2. The lowest BCUT2D eigenvalue weighted by Crippen LogP contribution is -2.52. The number of likely N-dealkylation sites (tertiary alicyclic amines) is 1. The van der Waals surface area contributed by atoms with E-state index in [1.54, 1.807) is 17.0 Å². The van der Waals surface area contributed by atoms with Gasteiger partial charge in [0.25, 0.3) is 0 Å². The zero-order chi connectivity index (χ0) is 24.7. The third-order valence-electron chi connectivity index (χ3n) is 6.77. The van der Waals surface area contributed by atoms with Crippen LogP contribution in [-0.2, 0) is 6.54 Å². The van der Waals surface area contributed by atoms with E-state index >= 15 is 0 Å². The number of ether oxygens (including phenoxy) is 1. The van der Waals surface area contributed by atoms with E-state index in [4.69, 9.17) is 0 Å². The number of halogens is 3. The molecule has 2 fully saturated rings. The molecule has 6 nitrogen and oxygen atoms in total. The van der Waals surface area contributed by atoms with Crippen molar-refractivity contribution in [3.05, 3.63) is 60.2 Å². The van der Waals surface area contributed by atoms with Crippen molar-refractivity contribution in [1.82, 2.24) is 15.1 Å². The Morgan fingerprint density at radius 1 is 0.943 bits per heavy atom. The summed E-state index contributed by atoms with van der Waals surface area (Å²) >= 11 is 0. The van der Waals surface area contributed by atoms with Crippen LogP contribution in [0.15, 0.2) is 54.6 Å². The van der Waals surface area contributed by atoms with Gasteiger partial charge in [-0.1, -0.05) is 36.4 Å². The van der Waals surface area contributed by atoms with Gasteiger partial charge in [0.15, 0.2) is 0 Å². The number of urea groups is 1. The SMILES string of the molecule is O=C(NCCC1CCN(Cc2ccccc2)CC1)N1CCN(c2cccc(OC(F)(F)F)c2)CC1. The van der Waals surface area contributed by atoms with Crippen LogP contribution in [0.3, 0.4) is 0 Å². The smallest absolute Gasteiger partial charge is 0.406 e. The van der Waals surface area contributed by atoms with Gasteiger partial charge in [0.05, 0.1) is 0 Å². The van der Waals surface area contributed by atoms with Gasteiger partial charge in [-0.3, -0.25) is 4.90 Å². The molecule has 0 bridgehead atoms. The molecule has 1 N–H and O–H groups in total. The van der Waals surface area contributed by atoms with Crippen LogP contribution < -0.4 is 15.0 Å². The number of piperazine rings is 1. The number of benzene rings is 2. The molecular formula is C26H33F3N4O2. The summed E-state index contributed by atoms with van der Waals surface area (Å²) in [5.74, 6) is 0.395. The minimum absolute atomic E-state index is 0.0691. The molecule has 0 atom stereocenters. The highest BCUT2D eigenvalue weighted by Crippen LogP contribution is 2.27. The zero-order valence-corrected chi connectivity index (χ0v) is 19.8. The second-order valence-corrected chi connectivity index (χ2v) is 9.24. The highest BCUT2D eigenvalue weighted by molar-refractivity contribution is 5.74. The molecule has 190 valence electrons. The normalized spacial score (nSPS) is 17.9. The number of alkyl halides is 3. The van der Waals surface area contributed by atoms with Crippen molar-refractivity contribution in [2.45, 2.75) is 32.2 Å². The molecule has 2 amide bonds. The summed E-state index contributed by atoms with van der Waals surface area (Å²) in [6, 6.07) is 16.4. The molecule has 35 heavy (non-hydrogen) atoms. The number of amides is 2. The predicted octanol–water partition coefficient (Wildman–Crippen LogP) is 4.72. The van der Waals surface area contributed by atoms with Crippen molar-refractivity contribution in [2.24, 2.45) is 5.92 Å². The van der Waals surface area contributed by atoms with Gasteiger partial charge in [-0.2, -0.15) is 0 Å². The third kappa shape index (κ3) is 7.78. The lowest BCUT2D eigenvalue weighted by atomic mass is 9.93. The van der Waals surface area contributed by atoms with Crippen LogP contribution in [0, 0.1) is 5.92 Å². The van der Waals surface area contributed by atoms with Crippen LogP contribution >= 0.6 is 0 Å². The van der Waals surface area contributed by atoms with Gasteiger partial charge in [-0.15, -0.1) is 13.2 Å². The highest BCUT2D eigenvalue weighted by Gasteiger charge is 2.31. The van der Waals surface area contributed by atoms with Crippen molar-refractivity contribution >= 4 is 11.7 Å². The Morgan fingerprint density at radius 2 is 1.66 bits per heavy atom. The third-order valence-corrected chi connectivity index (χ3v) is 6.77. The van der Waals surface area contributed by atoms with E-state index in [0.29, 0.717) is 44.3 Å². The number of rotatable bonds is 7. The standard InChI is InChI=1S/C26H33F3N4O2/c27-26(28,29)35-24-8-4-7-23(19-24)32-15-17-33(18-16-32)25(34)30-12-9-21-10-13-31(14-11-21)20-22-5-2-1-3-6-22/h1-8,19,21H,9-18,20H2,(H,30,34). The van der Waals surface area contributed by atoms with Crippen molar-refractivity contribution in [3.8, 4) is 5.75 Å². The molecule has 2 aliphatic rings. The van der Waals surface area contributed by atoms with Gasteiger partial charge in [-0.05, 0) is 56.0 Å². The number of anilines is 1. The second kappa shape index (κ2) is 11.7. The Balaban J connectivity index is 1.13. The topological polar surface area (TPSA) is 48.1 Å². The molecule has 4 rings (SSSR count). The van der Waals surface area contributed by atoms with Crippen LogP contribution in [0.25, 0.3) is 0 Å². The summed E-state index contributed by atoms with van der Waals surface area (Å²) in [6.07, 6.45) is -1.43. The maximum Gasteiger partial charge on any atom is 0.573 e. The number of nitrogens with one attached hydrogen (secondary N) is 1. The summed E-state index contributed by atoms with van der Waals surface area (Å²) in [6.45, 7) is 6.00. The molecule has 2 heterocycles. The molecule has 2 aliphatic heterocycles. The molecule has 0 aromatic heterocycles. The van der Waals surface area contributed by atoms with Gasteiger partial charge in [0, 0.05) is 51.0 Å². The minimum Gasteiger partial charge on any atom is -0.406 e. The molecule has 0 aliphatic carbocycles. The van der Waals surface area contributed by atoms with Crippen molar-refractivity contribution in [1.29, 1.82) is 0 Å². The number of piperidine rings is 1. The molecule has 2 aromatic rings. The average Bonchev–Trinajstić information content (AvgIpc) is 2.85. The summed E-state index contributed by atoms with van der Waals surface area (Å²) in [4.78, 5) is 18.8. The first-order chi connectivity index (χ1) is 16.9. The average molecular weight is 491 g/mol. The van der Waals surface area contributed by atoms with E-state index in [0.717, 1.165) is 38.9 Å². The monoisotopic (exact) mass is 490 g/mol. The van der Waals surface area contributed by atoms with Crippen LogP contribution in [0.4, 0.5) is 23.7 Å². The minimum atomic E-state index is -4.71. The highest BCUT2D eigenvalue weighted by atomic mass is 19.4. The molecule has 2 aromatic carbocycles. The number of nitrogens with zero attached hydrogens (tertiary/aromatic N) is 3. The van der Waals surface area contributed by atoms with Crippen molar-refractivity contribution in [3.63, 3.8) is 0 Å². The van der Waals surface area contributed by atoms with E-state index in [1.807, 2.05) is 11.0 Å². The Morgan fingerprint density at radius 3 is 2.34 bits per heavy atom. The van der Waals surface area contributed by atoms with Gasteiger partial charge in [-0.25, -0.2) is 4.79 Å². The maximum absolute atomic E-state index is 12.6. The van der Waals surface area contributed by atoms with E-state index in [-0.39, 0.29) is 11.8 Å². The van der Waals surface area contributed by atoms with E-state index < -0.39 is 6.36 Å². The van der Waals surface area contributed by atoms with Crippen LogP contribution in [-0.4, -0.2) is 68.0 Å². The molecule has 0 saturated carbocycles. The van der Waals surface area contributed by atoms with Crippen LogP contribution in [0.2, 0.25) is 0 Å². The number of carbonyl (C=O) groups is 1. The van der Waals surface area contributed by atoms with E-state index in [9.17, 15) is 18.0 Å². The molecule has 0 unspecified atom stereocenters. The molecule has 9 heteroatoms. The summed E-state index contributed by atoms with van der Waals surface area (Å²) in [7, 11) is 0. The van der Waals surface area contributed by atoms with Crippen molar-refractivity contribution in [2.75, 3.05) is 50.7 Å². The Hall–Kier alpha value is -2.94. The quantitative estimate of drug-likeness (QED) is 0.610. The summed E-state index contributed by atoms with van der Waals surface area (Å²) < 4.78 is 41.5.